The highest BCUT2D eigenvalue weighted by atomic mass is 35.5. The number of halogens is 1. The first-order valence-corrected chi connectivity index (χ1v) is 7.23. The molecule has 2 N–H and O–H groups in total. The molecule has 0 spiro atoms. The largest absolute Gasteiger partial charge is 0.478 e. The summed E-state index contributed by atoms with van der Waals surface area (Å²) in [5, 5.41) is 12.1. The van der Waals surface area contributed by atoms with Gasteiger partial charge in [0.15, 0.2) is 0 Å². The second-order valence-electron chi connectivity index (χ2n) is 5.20. The van der Waals surface area contributed by atoms with E-state index in [0.717, 1.165) is 25.9 Å². The minimum Gasteiger partial charge on any atom is -0.478 e. The van der Waals surface area contributed by atoms with Gasteiger partial charge in [-0.3, -0.25) is 4.79 Å². The Bertz CT molecular complexity index is 542. The summed E-state index contributed by atoms with van der Waals surface area (Å²) in [6.45, 7) is 3.79. The maximum absolute atomic E-state index is 11.1. The van der Waals surface area contributed by atoms with Crippen molar-refractivity contribution in [3.8, 4) is 0 Å². The lowest BCUT2D eigenvalue weighted by Crippen LogP contribution is -2.38. The topological polar surface area (TPSA) is 82.5 Å². The molecule has 0 aromatic carbocycles. The monoisotopic (exact) mass is 311 g/mol. The van der Waals surface area contributed by atoms with Gasteiger partial charge < -0.3 is 15.3 Å². The zero-order valence-electron chi connectivity index (χ0n) is 11.8. The van der Waals surface area contributed by atoms with Crippen molar-refractivity contribution in [2.75, 3.05) is 24.5 Å². The molecule has 114 valence electrons. The van der Waals surface area contributed by atoms with Gasteiger partial charge in [-0.1, -0.05) is 11.6 Å². The van der Waals surface area contributed by atoms with E-state index in [1.165, 1.54) is 19.2 Å². The van der Waals surface area contributed by atoms with Crippen LogP contribution in [0.25, 0.3) is 0 Å². The lowest BCUT2D eigenvalue weighted by molar-refractivity contribution is -0.119. The molecular formula is C14H18ClN3O3. The van der Waals surface area contributed by atoms with Crippen LogP contribution in [-0.2, 0) is 4.79 Å². The lowest BCUT2D eigenvalue weighted by Gasteiger charge is -2.33. The highest BCUT2D eigenvalue weighted by Gasteiger charge is 2.21. The number of carboxylic acids is 1. The normalized spacial score (nSPS) is 15.8. The van der Waals surface area contributed by atoms with Crippen LogP contribution in [0.3, 0.4) is 0 Å². The number of carboxylic acid groups (broad SMARTS) is 1. The fourth-order valence-electron chi connectivity index (χ4n) is 2.42. The number of piperidine rings is 1. The number of hydrogen-bond donors (Lipinski definition) is 2. The molecule has 0 radical (unpaired) electrons. The number of nitrogens with zero attached hydrogens (tertiary/aromatic N) is 2. The van der Waals surface area contributed by atoms with E-state index in [2.05, 4.69) is 10.3 Å². The van der Waals surface area contributed by atoms with E-state index in [1.807, 2.05) is 4.90 Å². The van der Waals surface area contributed by atoms with Gasteiger partial charge in [0.25, 0.3) is 0 Å². The second kappa shape index (κ2) is 6.76. The second-order valence-corrected chi connectivity index (χ2v) is 5.60. The summed E-state index contributed by atoms with van der Waals surface area (Å²) in [6, 6.07) is 1.51. The maximum atomic E-state index is 11.1. The number of carbonyl (C=O) groups excluding carboxylic acids is 1. The number of aromatic nitrogens is 1. The van der Waals surface area contributed by atoms with Crippen LogP contribution >= 0.6 is 11.6 Å². The Hall–Kier alpha value is -1.82. The Labute approximate surface area is 128 Å². The Morgan fingerprint density at radius 3 is 2.71 bits per heavy atom. The van der Waals surface area contributed by atoms with Crippen LogP contribution in [0.1, 0.15) is 30.1 Å². The number of anilines is 1. The van der Waals surface area contributed by atoms with Gasteiger partial charge in [-0.2, -0.15) is 0 Å². The molecule has 1 aromatic rings. The minimum absolute atomic E-state index is 0.0112. The van der Waals surface area contributed by atoms with Gasteiger partial charge in [0.2, 0.25) is 5.91 Å². The Kier molecular flexibility index (Phi) is 5.01. The van der Waals surface area contributed by atoms with Crippen LogP contribution in [0.5, 0.6) is 0 Å². The van der Waals surface area contributed by atoms with E-state index < -0.39 is 5.97 Å². The Morgan fingerprint density at radius 1 is 1.48 bits per heavy atom. The van der Waals surface area contributed by atoms with Gasteiger partial charge in [-0.25, -0.2) is 9.78 Å². The van der Waals surface area contributed by atoms with E-state index in [4.69, 9.17) is 16.7 Å². The predicted molar refractivity (Wildman–Crippen MR) is 79.8 cm³/mol. The van der Waals surface area contributed by atoms with Crippen LogP contribution in [0.4, 0.5) is 5.82 Å². The highest BCUT2D eigenvalue weighted by Crippen LogP contribution is 2.25. The van der Waals surface area contributed by atoms with Crippen LogP contribution < -0.4 is 10.2 Å². The number of aromatic carboxylic acids is 1. The van der Waals surface area contributed by atoms with Gasteiger partial charge in [0, 0.05) is 32.8 Å². The lowest BCUT2D eigenvalue weighted by atomic mass is 9.96. The summed E-state index contributed by atoms with van der Waals surface area (Å²) in [6.07, 6.45) is 3.25. The molecule has 1 aliphatic heterocycles. The van der Waals surface area contributed by atoms with Crippen molar-refractivity contribution >= 4 is 29.3 Å². The molecule has 1 amide bonds. The van der Waals surface area contributed by atoms with Crippen molar-refractivity contribution in [1.29, 1.82) is 0 Å². The third kappa shape index (κ3) is 4.07. The van der Waals surface area contributed by atoms with Crippen LogP contribution in [-0.4, -0.2) is 41.6 Å². The van der Waals surface area contributed by atoms with Crippen molar-refractivity contribution in [2.45, 2.75) is 19.8 Å². The quantitative estimate of drug-likeness (QED) is 0.886. The molecule has 0 saturated carbocycles. The fourth-order valence-corrected chi connectivity index (χ4v) is 2.60. The Balaban J connectivity index is 1.97. The minimum atomic E-state index is -1.05. The average Bonchev–Trinajstić information content (AvgIpc) is 2.46. The number of hydrogen-bond acceptors (Lipinski definition) is 4. The predicted octanol–water partition coefficient (Wildman–Crippen LogP) is 1.79. The zero-order chi connectivity index (χ0) is 15.4. The summed E-state index contributed by atoms with van der Waals surface area (Å²) in [4.78, 5) is 28.2. The van der Waals surface area contributed by atoms with Crippen LogP contribution in [0.2, 0.25) is 5.02 Å². The molecule has 1 fully saturated rings. The molecule has 2 heterocycles. The molecule has 21 heavy (non-hydrogen) atoms. The maximum Gasteiger partial charge on any atom is 0.337 e. The SMILES string of the molecule is CC(=O)NCC1CCN(c2cc(C(=O)O)c(Cl)cn2)CC1. The zero-order valence-corrected chi connectivity index (χ0v) is 12.6. The van der Waals surface area contributed by atoms with Crippen molar-refractivity contribution in [3.05, 3.63) is 22.8 Å². The summed E-state index contributed by atoms with van der Waals surface area (Å²) >= 11 is 5.82. The van der Waals surface area contributed by atoms with Gasteiger partial charge in [0.05, 0.1) is 10.6 Å². The molecule has 7 heteroatoms. The van der Waals surface area contributed by atoms with Gasteiger partial charge >= 0.3 is 5.97 Å². The number of amides is 1. The van der Waals surface area contributed by atoms with Crippen LogP contribution in [0.15, 0.2) is 12.3 Å². The number of nitrogens with one attached hydrogen (secondary N) is 1. The van der Waals surface area contributed by atoms with Crippen molar-refractivity contribution in [1.82, 2.24) is 10.3 Å². The van der Waals surface area contributed by atoms with Crippen molar-refractivity contribution in [3.63, 3.8) is 0 Å². The molecule has 0 unspecified atom stereocenters. The molecule has 0 atom stereocenters. The molecule has 1 aromatic heterocycles. The van der Waals surface area contributed by atoms with Gasteiger partial charge in [-0.15, -0.1) is 0 Å². The highest BCUT2D eigenvalue weighted by molar-refractivity contribution is 6.33. The molecule has 0 bridgehead atoms. The Morgan fingerprint density at radius 2 is 2.14 bits per heavy atom. The van der Waals surface area contributed by atoms with E-state index in [-0.39, 0.29) is 16.5 Å². The number of pyridine rings is 1. The number of rotatable bonds is 4. The van der Waals surface area contributed by atoms with Crippen LogP contribution in [0, 0.1) is 5.92 Å². The molecule has 2 rings (SSSR count). The summed E-state index contributed by atoms with van der Waals surface area (Å²) in [7, 11) is 0. The van der Waals surface area contributed by atoms with Gasteiger partial charge in [-0.05, 0) is 24.8 Å². The van der Waals surface area contributed by atoms with Crippen molar-refractivity contribution < 1.29 is 14.7 Å². The average molecular weight is 312 g/mol. The van der Waals surface area contributed by atoms with E-state index in [1.54, 1.807) is 0 Å². The molecule has 0 aliphatic carbocycles. The standard InChI is InChI=1S/C14H18ClN3O3/c1-9(19)16-7-10-2-4-18(5-3-10)13-6-11(14(20)21)12(15)8-17-13/h6,8,10H,2-5,7H2,1H3,(H,16,19)(H,20,21). The summed E-state index contributed by atoms with van der Waals surface area (Å²) in [5.41, 5.74) is 0.0713. The van der Waals surface area contributed by atoms with Crippen molar-refractivity contribution in [2.24, 2.45) is 5.92 Å². The third-order valence-electron chi connectivity index (χ3n) is 3.65. The van der Waals surface area contributed by atoms with E-state index in [9.17, 15) is 9.59 Å². The molecule has 6 nitrogen and oxygen atoms in total. The smallest absolute Gasteiger partial charge is 0.337 e. The summed E-state index contributed by atoms with van der Waals surface area (Å²) < 4.78 is 0. The fraction of sp³-hybridized carbons (Fsp3) is 0.500. The molecule has 1 saturated heterocycles. The first kappa shape index (κ1) is 15.6. The molecular weight excluding hydrogens is 294 g/mol. The first-order valence-electron chi connectivity index (χ1n) is 6.85. The summed E-state index contributed by atoms with van der Waals surface area (Å²) in [5.74, 6) is 0.0262. The van der Waals surface area contributed by atoms with E-state index >= 15 is 0 Å². The van der Waals surface area contributed by atoms with Gasteiger partial charge in [0.1, 0.15) is 5.82 Å². The first-order chi connectivity index (χ1) is 9.97. The number of carbonyl (C=O) groups is 2. The molecule has 1 aliphatic rings. The third-order valence-corrected chi connectivity index (χ3v) is 3.95. The van der Waals surface area contributed by atoms with E-state index in [0.29, 0.717) is 18.3 Å².